The van der Waals surface area contributed by atoms with E-state index < -0.39 is 0 Å². The lowest BCUT2D eigenvalue weighted by atomic mass is 10.1. The summed E-state index contributed by atoms with van der Waals surface area (Å²) in [5, 5.41) is 4.23. The summed E-state index contributed by atoms with van der Waals surface area (Å²) < 4.78 is 5.20. The lowest BCUT2D eigenvalue weighted by molar-refractivity contribution is 0.413. The van der Waals surface area contributed by atoms with Crippen LogP contribution in [0.2, 0.25) is 5.02 Å². The minimum atomic E-state index is 0.705. The number of halogens is 1. The van der Waals surface area contributed by atoms with Crippen molar-refractivity contribution in [3.05, 3.63) is 47.2 Å². The van der Waals surface area contributed by atoms with Crippen LogP contribution in [-0.2, 0) is 6.54 Å². The van der Waals surface area contributed by atoms with Gasteiger partial charge >= 0.3 is 0 Å². The number of hydrogen-bond acceptors (Lipinski definition) is 3. The number of rotatable bonds is 5. The zero-order chi connectivity index (χ0) is 13.9. The standard InChI is InChI=1S/C16H17ClN2O/c1-20-14-7-12(9-18-10-14)15-5-2-11(6-16(15)17)8-19-13-3-4-13/h2,5-7,9-10,13,19H,3-4,8H2,1H3. The molecule has 2 aromatic rings. The predicted molar refractivity (Wildman–Crippen MR) is 81.1 cm³/mol. The van der Waals surface area contributed by atoms with E-state index in [0.717, 1.165) is 28.4 Å². The first-order valence-electron chi connectivity index (χ1n) is 6.77. The Hall–Kier alpha value is -1.58. The minimum absolute atomic E-state index is 0.705. The molecule has 0 spiro atoms. The summed E-state index contributed by atoms with van der Waals surface area (Å²) in [5.41, 5.74) is 3.16. The number of ether oxygens (including phenoxy) is 1. The Bertz CT molecular complexity index is 611. The molecule has 1 aliphatic rings. The molecule has 3 nitrogen and oxygen atoms in total. The highest BCUT2D eigenvalue weighted by Crippen LogP contribution is 2.30. The molecule has 0 bridgehead atoms. The molecule has 1 aromatic carbocycles. The third-order valence-electron chi connectivity index (χ3n) is 3.47. The molecule has 0 atom stereocenters. The van der Waals surface area contributed by atoms with Crippen LogP contribution in [0.15, 0.2) is 36.7 Å². The van der Waals surface area contributed by atoms with E-state index in [9.17, 15) is 0 Å². The summed E-state index contributed by atoms with van der Waals surface area (Å²) in [6, 6.07) is 8.82. The smallest absolute Gasteiger partial charge is 0.137 e. The van der Waals surface area contributed by atoms with Gasteiger partial charge in [-0.2, -0.15) is 0 Å². The highest BCUT2D eigenvalue weighted by Gasteiger charge is 2.20. The maximum Gasteiger partial charge on any atom is 0.137 e. The monoisotopic (exact) mass is 288 g/mol. The molecule has 104 valence electrons. The third-order valence-corrected chi connectivity index (χ3v) is 3.78. The van der Waals surface area contributed by atoms with Gasteiger partial charge in [0.15, 0.2) is 0 Å². The van der Waals surface area contributed by atoms with Crippen LogP contribution in [0, 0.1) is 0 Å². The van der Waals surface area contributed by atoms with Gasteiger partial charge in [-0.05, 0) is 30.5 Å². The van der Waals surface area contributed by atoms with Gasteiger partial charge in [-0.15, -0.1) is 0 Å². The van der Waals surface area contributed by atoms with Crippen molar-refractivity contribution in [2.75, 3.05) is 7.11 Å². The Kier molecular flexibility index (Phi) is 3.90. The molecule has 0 aliphatic heterocycles. The van der Waals surface area contributed by atoms with Crippen molar-refractivity contribution in [2.24, 2.45) is 0 Å². The van der Waals surface area contributed by atoms with Gasteiger partial charge < -0.3 is 10.1 Å². The van der Waals surface area contributed by atoms with Crippen molar-refractivity contribution in [3.8, 4) is 16.9 Å². The van der Waals surface area contributed by atoms with E-state index in [4.69, 9.17) is 16.3 Å². The highest BCUT2D eigenvalue weighted by atomic mass is 35.5. The molecule has 1 saturated carbocycles. The minimum Gasteiger partial charge on any atom is -0.495 e. The number of pyridine rings is 1. The largest absolute Gasteiger partial charge is 0.495 e. The number of nitrogens with zero attached hydrogens (tertiary/aromatic N) is 1. The number of hydrogen-bond donors (Lipinski definition) is 1. The highest BCUT2D eigenvalue weighted by molar-refractivity contribution is 6.33. The van der Waals surface area contributed by atoms with E-state index in [1.54, 1.807) is 19.5 Å². The molecule has 0 unspecified atom stereocenters. The fraction of sp³-hybridized carbons (Fsp3) is 0.312. The van der Waals surface area contributed by atoms with Gasteiger partial charge in [0.1, 0.15) is 5.75 Å². The Balaban J connectivity index is 1.81. The topological polar surface area (TPSA) is 34.1 Å². The Morgan fingerprint density at radius 1 is 1.30 bits per heavy atom. The first kappa shape index (κ1) is 13.4. The molecule has 1 fully saturated rings. The number of nitrogens with one attached hydrogen (secondary N) is 1. The summed E-state index contributed by atoms with van der Waals surface area (Å²) >= 11 is 6.39. The normalized spacial score (nSPS) is 14.3. The molecule has 1 aromatic heterocycles. The molecule has 0 radical (unpaired) electrons. The fourth-order valence-electron chi connectivity index (χ4n) is 2.13. The van der Waals surface area contributed by atoms with Crippen LogP contribution in [0.1, 0.15) is 18.4 Å². The van der Waals surface area contributed by atoms with Crippen molar-refractivity contribution in [1.29, 1.82) is 0 Å². The lowest BCUT2D eigenvalue weighted by Gasteiger charge is -2.09. The van der Waals surface area contributed by atoms with Crippen LogP contribution in [-0.4, -0.2) is 18.1 Å². The van der Waals surface area contributed by atoms with Crippen molar-refractivity contribution in [3.63, 3.8) is 0 Å². The molecule has 0 saturated heterocycles. The van der Waals surface area contributed by atoms with E-state index in [2.05, 4.69) is 16.4 Å². The SMILES string of the molecule is COc1cncc(-c2ccc(CNC3CC3)cc2Cl)c1. The second-order valence-corrected chi connectivity index (χ2v) is 5.49. The maximum atomic E-state index is 6.39. The van der Waals surface area contributed by atoms with Crippen LogP contribution < -0.4 is 10.1 Å². The van der Waals surface area contributed by atoms with Crippen LogP contribution in [0.25, 0.3) is 11.1 Å². The average Bonchev–Trinajstić information content (AvgIpc) is 3.29. The lowest BCUT2D eigenvalue weighted by Crippen LogP contribution is -2.15. The van der Waals surface area contributed by atoms with Gasteiger partial charge in [0.2, 0.25) is 0 Å². The van der Waals surface area contributed by atoms with E-state index in [1.807, 2.05) is 18.2 Å². The molecule has 1 aliphatic carbocycles. The van der Waals surface area contributed by atoms with Crippen LogP contribution in [0.4, 0.5) is 0 Å². The van der Waals surface area contributed by atoms with Gasteiger partial charge in [-0.1, -0.05) is 23.7 Å². The van der Waals surface area contributed by atoms with Gasteiger partial charge in [-0.25, -0.2) is 0 Å². The maximum absolute atomic E-state index is 6.39. The summed E-state index contributed by atoms with van der Waals surface area (Å²) in [6.45, 7) is 0.876. The van der Waals surface area contributed by atoms with Gasteiger partial charge in [-0.3, -0.25) is 4.98 Å². The molecule has 0 amide bonds. The summed E-state index contributed by atoms with van der Waals surface area (Å²) in [5.74, 6) is 0.734. The van der Waals surface area contributed by atoms with E-state index in [-0.39, 0.29) is 0 Å². The van der Waals surface area contributed by atoms with Crippen molar-refractivity contribution < 1.29 is 4.74 Å². The van der Waals surface area contributed by atoms with E-state index in [0.29, 0.717) is 6.04 Å². The third kappa shape index (κ3) is 3.11. The molecular weight excluding hydrogens is 272 g/mol. The first-order valence-corrected chi connectivity index (χ1v) is 7.15. The van der Waals surface area contributed by atoms with Gasteiger partial charge in [0.05, 0.1) is 13.3 Å². The van der Waals surface area contributed by atoms with Gasteiger partial charge in [0.25, 0.3) is 0 Å². The molecule has 20 heavy (non-hydrogen) atoms. The number of benzene rings is 1. The van der Waals surface area contributed by atoms with Crippen molar-refractivity contribution >= 4 is 11.6 Å². The second kappa shape index (κ2) is 5.81. The zero-order valence-electron chi connectivity index (χ0n) is 11.4. The Labute approximate surface area is 123 Å². The van der Waals surface area contributed by atoms with Crippen molar-refractivity contribution in [1.82, 2.24) is 10.3 Å². The molecule has 4 heteroatoms. The molecular formula is C16H17ClN2O. The van der Waals surface area contributed by atoms with Crippen LogP contribution in [0.3, 0.4) is 0 Å². The molecule has 3 rings (SSSR count). The summed E-state index contributed by atoms with van der Waals surface area (Å²) in [6.07, 6.45) is 6.07. The fourth-order valence-corrected chi connectivity index (χ4v) is 2.44. The van der Waals surface area contributed by atoms with E-state index in [1.165, 1.54) is 18.4 Å². The summed E-state index contributed by atoms with van der Waals surface area (Å²) in [7, 11) is 1.63. The van der Waals surface area contributed by atoms with Crippen LogP contribution in [0.5, 0.6) is 5.75 Å². The first-order chi connectivity index (χ1) is 9.76. The summed E-state index contributed by atoms with van der Waals surface area (Å²) in [4.78, 5) is 4.17. The van der Waals surface area contributed by atoms with E-state index >= 15 is 0 Å². The van der Waals surface area contributed by atoms with Crippen molar-refractivity contribution in [2.45, 2.75) is 25.4 Å². The van der Waals surface area contributed by atoms with Crippen LogP contribution >= 0.6 is 11.6 Å². The Morgan fingerprint density at radius 3 is 2.85 bits per heavy atom. The predicted octanol–water partition coefficient (Wildman–Crippen LogP) is 3.66. The molecule has 1 heterocycles. The zero-order valence-corrected chi connectivity index (χ0v) is 12.2. The number of methoxy groups -OCH3 is 1. The number of aromatic nitrogens is 1. The second-order valence-electron chi connectivity index (χ2n) is 5.08. The Morgan fingerprint density at radius 2 is 2.15 bits per heavy atom. The average molecular weight is 289 g/mol. The quantitative estimate of drug-likeness (QED) is 0.912. The molecule has 1 N–H and O–H groups in total. The van der Waals surface area contributed by atoms with Gasteiger partial charge in [0, 0.05) is 34.9 Å².